The van der Waals surface area contributed by atoms with Gasteiger partial charge in [-0.15, -0.1) is 0 Å². The zero-order valence-corrected chi connectivity index (χ0v) is 11.7. The van der Waals surface area contributed by atoms with E-state index in [1.165, 1.54) is 0 Å². The van der Waals surface area contributed by atoms with Gasteiger partial charge in [-0.2, -0.15) is 0 Å². The van der Waals surface area contributed by atoms with E-state index in [4.69, 9.17) is 12.2 Å². The molecular formula is C6H12NNaO3S2. The van der Waals surface area contributed by atoms with Gasteiger partial charge in [0.05, 0.1) is 15.1 Å². The van der Waals surface area contributed by atoms with Gasteiger partial charge < -0.3 is 9.45 Å². The topological polar surface area (TPSA) is 60.4 Å². The van der Waals surface area contributed by atoms with Crippen LogP contribution in [-0.4, -0.2) is 42.7 Å². The molecule has 0 radical (unpaired) electrons. The number of nitrogens with zero attached hydrogens (tertiary/aromatic N) is 1. The van der Waals surface area contributed by atoms with Crippen LogP contribution in [-0.2, 0) is 10.1 Å². The quantitative estimate of drug-likeness (QED) is 0.298. The minimum absolute atomic E-state index is 0. The fourth-order valence-corrected chi connectivity index (χ4v) is 1.27. The molecule has 0 aliphatic heterocycles. The molecule has 0 unspecified atom stereocenters. The zero-order valence-electron chi connectivity index (χ0n) is 8.11. The second kappa shape index (κ2) is 7.14. The number of rotatable bonds is 4. The first-order chi connectivity index (χ1) is 5.33. The molecule has 0 spiro atoms. The maximum Gasteiger partial charge on any atom is 1.00 e. The van der Waals surface area contributed by atoms with Crippen molar-refractivity contribution in [3.8, 4) is 0 Å². The fraction of sp³-hybridized carbons (Fsp3) is 0.833. The molecule has 0 bridgehead atoms. The Hall–Kier alpha value is 0.800. The monoisotopic (exact) mass is 233 g/mol. The normalized spacial score (nSPS) is 10.4. The van der Waals surface area contributed by atoms with Crippen LogP contribution in [0.4, 0.5) is 0 Å². The smallest absolute Gasteiger partial charge is 0.748 e. The molecule has 0 amide bonds. The number of hydrogen-bond acceptors (Lipinski definition) is 4. The first kappa shape index (κ1) is 16.2. The molecule has 0 aromatic heterocycles. The summed E-state index contributed by atoms with van der Waals surface area (Å²) >= 11 is 4.90. The molecule has 0 aliphatic carbocycles. The largest absolute Gasteiger partial charge is 1.00 e. The standard InChI is InChI=1S/C6H13NO3S2.Na/c1-7(2)6(11)4-3-5-12(8,9)10;/h3-5H2,1-2H3,(H,8,9,10);/q;+1/p-1. The number of thiocarbonyl (C=S) groups is 1. The van der Waals surface area contributed by atoms with Crippen LogP contribution in [0.5, 0.6) is 0 Å². The molecule has 4 nitrogen and oxygen atoms in total. The summed E-state index contributed by atoms with van der Waals surface area (Å²) in [5, 5.41) is 0. The minimum Gasteiger partial charge on any atom is -0.748 e. The molecule has 0 aliphatic rings. The second-order valence-electron chi connectivity index (χ2n) is 2.65. The SMILES string of the molecule is CN(C)C(=S)CCCS(=O)(=O)[O-].[Na+]. The van der Waals surface area contributed by atoms with Crippen molar-refractivity contribution in [3.05, 3.63) is 0 Å². The van der Waals surface area contributed by atoms with E-state index in [1.54, 1.807) is 19.0 Å². The Morgan fingerprint density at radius 3 is 2.23 bits per heavy atom. The summed E-state index contributed by atoms with van der Waals surface area (Å²) in [6.07, 6.45) is 0.784. The van der Waals surface area contributed by atoms with Gasteiger partial charge in [-0.05, 0) is 12.8 Å². The summed E-state index contributed by atoms with van der Waals surface area (Å²) in [5.41, 5.74) is 0. The van der Waals surface area contributed by atoms with Crippen molar-refractivity contribution in [2.24, 2.45) is 0 Å². The van der Waals surface area contributed by atoms with E-state index in [1.807, 2.05) is 0 Å². The van der Waals surface area contributed by atoms with Gasteiger partial charge in [0, 0.05) is 19.8 Å². The summed E-state index contributed by atoms with van der Waals surface area (Å²) in [6.45, 7) is 0. The van der Waals surface area contributed by atoms with Crippen molar-refractivity contribution in [2.75, 3.05) is 19.8 Å². The average Bonchev–Trinajstić information content (AvgIpc) is 1.84. The third-order valence-electron chi connectivity index (χ3n) is 1.28. The maximum atomic E-state index is 10.2. The molecule has 0 saturated heterocycles. The first-order valence-electron chi connectivity index (χ1n) is 3.46. The van der Waals surface area contributed by atoms with E-state index in [2.05, 4.69) is 0 Å². The maximum absolute atomic E-state index is 10.2. The van der Waals surface area contributed by atoms with Gasteiger partial charge >= 0.3 is 29.6 Å². The molecule has 0 saturated carbocycles. The van der Waals surface area contributed by atoms with E-state index in [0.717, 1.165) is 0 Å². The molecule has 0 N–H and O–H groups in total. The zero-order chi connectivity index (χ0) is 9.78. The van der Waals surface area contributed by atoms with Crippen LogP contribution in [0, 0.1) is 0 Å². The van der Waals surface area contributed by atoms with E-state index in [0.29, 0.717) is 17.8 Å². The molecule has 0 atom stereocenters. The van der Waals surface area contributed by atoms with Crippen molar-refractivity contribution in [3.63, 3.8) is 0 Å². The van der Waals surface area contributed by atoms with Gasteiger partial charge in [-0.1, -0.05) is 12.2 Å². The third kappa shape index (κ3) is 10.7. The molecular weight excluding hydrogens is 221 g/mol. The molecule has 0 aromatic rings. The van der Waals surface area contributed by atoms with Crippen LogP contribution in [0.2, 0.25) is 0 Å². The summed E-state index contributed by atoms with van der Waals surface area (Å²) in [7, 11) is -0.502. The van der Waals surface area contributed by atoms with Gasteiger partial charge in [-0.3, -0.25) is 0 Å². The van der Waals surface area contributed by atoms with Gasteiger partial charge in [0.2, 0.25) is 0 Å². The Labute approximate surface area is 107 Å². The van der Waals surface area contributed by atoms with Crippen LogP contribution in [0.15, 0.2) is 0 Å². The van der Waals surface area contributed by atoms with Gasteiger partial charge in [-0.25, -0.2) is 8.42 Å². The Bertz CT molecular complexity index is 251. The van der Waals surface area contributed by atoms with Gasteiger partial charge in [0.1, 0.15) is 0 Å². The van der Waals surface area contributed by atoms with Gasteiger partial charge in [0.25, 0.3) is 0 Å². The molecule has 13 heavy (non-hydrogen) atoms. The van der Waals surface area contributed by atoms with E-state index < -0.39 is 10.1 Å². The van der Waals surface area contributed by atoms with Crippen molar-refractivity contribution < 1.29 is 42.5 Å². The summed E-state index contributed by atoms with van der Waals surface area (Å²) in [6, 6.07) is 0. The number of hydrogen-bond donors (Lipinski definition) is 0. The predicted octanol–water partition coefficient (Wildman–Crippen LogP) is -2.80. The van der Waals surface area contributed by atoms with Crippen LogP contribution in [0.3, 0.4) is 0 Å². The average molecular weight is 233 g/mol. The van der Waals surface area contributed by atoms with Crippen molar-refractivity contribution in [2.45, 2.75) is 12.8 Å². The Morgan fingerprint density at radius 2 is 1.92 bits per heavy atom. The molecule has 0 heterocycles. The molecule has 7 heteroatoms. The molecule has 0 fully saturated rings. The molecule has 72 valence electrons. The van der Waals surface area contributed by atoms with Crippen LogP contribution < -0.4 is 29.6 Å². The van der Waals surface area contributed by atoms with Crippen LogP contribution >= 0.6 is 12.2 Å². The second-order valence-corrected chi connectivity index (χ2v) is 4.65. The van der Waals surface area contributed by atoms with E-state index in [-0.39, 0.29) is 35.3 Å². The van der Waals surface area contributed by atoms with Gasteiger partial charge in [0.15, 0.2) is 0 Å². The Balaban J connectivity index is 0. The van der Waals surface area contributed by atoms with Crippen molar-refractivity contribution in [1.82, 2.24) is 4.90 Å². The predicted molar refractivity (Wildman–Crippen MR) is 50.1 cm³/mol. The van der Waals surface area contributed by atoms with Crippen molar-refractivity contribution in [1.29, 1.82) is 0 Å². The first-order valence-corrected chi connectivity index (χ1v) is 5.45. The molecule has 0 rings (SSSR count). The Kier molecular flexibility index (Phi) is 8.92. The van der Waals surface area contributed by atoms with Crippen LogP contribution in [0.25, 0.3) is 0 Å². The van der Waals surface area contributed by atoms with E-state index in [9.17, 15) is 13.0 Å². The Morgan fingerprint density at radius 1 is 1.46 bits per heavy atom. The molecule has 0 aromatic carbocycles. The summed E-state index contributed by atoms with van der Waals surface area (Å²) in [5.74, 6) is -0.332. The van der Waals surface area contributed by atoms with E-state index >= 15 is 0 Å². The summed E-state index contributed by atoms with van der Waals surface area (Å²) in [4.78, 5) is 2.39. The van der Waals surface area contributed by atoms with Crippen LogP contribution in [0.1, 0.15) is 12.8 Å². The fourth-order valence-electron chi connectivity index (χ4n) is 0.624. The minimum atomic E-state index is -4.07. The summed E-state index contributed by atoms with van der Waals surface area (Å²) < 4.78 is 30.5. The third-order valence-corrected chi connectivity index (χ3v) is 2.64. The van der Waals surface area contributed by atoms with Crippen molar-refractivity contribution >= 4 is 27.3 Å².